The van der Waals surface area contributed by atoms with Crippen molar-refractivity contribution in [1.82, 2.24) is 25.9 Å². The molecule has 45 heavy (non-hydrogen) atoms. The van der Waals surface area contributed by atoms with Crippen molar-refractivity contribution in [2.24, 2.45) is 0 Å². The maximum Gasteiger partial charge on any atom is 0.451 e. The Kier molecular flexibility index (Phi) is 10.6. The lowest BCUT2D eigenvalue weighted by Crippen LogP contribution is -2.44. The van der Waals surface area contributed by atoms with Crippen molar-refractivity contribution < 1.29 is 35.7 Å². The number of nitrogens with one attached hydrogen (secondary N) is 3. The number of rotatable bonds is 11. The summed E-state index contributed by atoms with van der Waals surface area (Å²) in [7, 11) is -4.22. The normalized spacial score (nSPS) is 14.9. The molecular weight excluding hydrogens is 615 g/mol. The largest absolute Gasteiger partial charge is 0.451 e. The highest BCUT2D eigenvalue weighted by Gasteiger charge is 2.38. The number of halogens is 3. The van der Waals surface area contributed by atoms with Crippen molar-refractivity contribution >= 4 is 27.9 Å². The summed E-state index contributed by atoms with van der Waals surface area (Å²) in [6.07, 6.45) is -3.30. The first-order valence-electron chi connectivity index (χ1n) is 13.9. The second-order valence-electron chi connectivity index (χ2n) is 10.2. The summed E-state index contributed by atoms with van der Waals surface area (Å²) in [5, 5.41) is 16.6. The molecular formula is C29H30F3N7O5S. The van der Waals surface area contributed by atoms with Crippen molar-refractivity contribution in [3.05, 3.63) is 77.1 Å². The van der Waals surface area contributed by atoms with Crippen LogP contribution in [0.2, 0.25) is 0 Å². The lowest BCUT2D eigenvalue weighted by molar-refractivity contribution is -0.144. The Morgan fingerprint density at radius 1 is 1.00 bits per heavy atom. The van der Waals surface area contributed by atoms with Crippen LogP contribution >= 0.6 is 0 Å². The Bertz CT molecular complexity index is 1660. The van der Waals surface area contributed by atoms with Crippen LogP contribution in [0.15, 0.2) is 54.6 Å². The van der Waals surface area contributed by atoms with Crippen LogP contribution in [0, 0.1) is 11.3 Å². The van der Waals surface area contributed by atoms with Gasteiger partial charge in [0.15, 0.2) is 0 Å². The number of carbonyl (C=O) groups excluding carboxylic acids is 2. The molecule has 0 spiro atoms. The summed E-state index contributed by atoms with van der Waals surface area (Å²) in [5.41, 5.74) is 2.41. The molecule has 2 aromatic carbocycles. The standard InChI is InChI=1S/C29H30F3N7O5S/c30-29(31,32)27-37-23(22-9-7-21(8-10-22)18-36-28(41)35-13-15-45(42,43)44)16-25(38-27)39-14-1-2-24(39)26(40)34-12-11-19-3-5-20(17-33)6-4-19/h3-10,16,24H,1-2,11-15,18H2,(H,34,40)(H2,35,36,41)(H,42,43,44)/t24-/m0/s1. The molecule has 4 rings (SSSR count). The lowest BCUT2D eigenvalue weighted by atomic mass is 10.1. The molecule has 0 bridgehead atoms. The number of hydrogen-bond acceptors (Lipinski definition) is 8. The molecule has 3 amide bonds. The number of hydrogen-bond donors (Lipinski definition) is 4. The zero-order valence-corrected chi connectivity index (χ0v) is 24.7. The summed E-state index contributed by atoms with van der Waals surface area (Å²) >= 11 is 0. The van der Waals surface area contributed by atoms with Gasteiger partial charge in [-0.2, -0.15) is 26.9 Å². The third-order valence-electron chi connectivity index (χ3n) is 6.96. The van der Waals surface area contributed by atoms with Crippen LogP contribution in [0.25, 0.3) is 11.3 Å². The molecule has 0 aliphatic carbocycles. The predicted molar refractivity (Wildman–Crippen MR) is 157 cm³/mol. The van der Waals surface area contributed by atoms with Crippen LogP contribution in [0.1, 0.15) is 35.4 Å². The topological polar surface area (TPSA) is 177 Å². The molecule has 3 aromatic rings. The number of nitrogens with zero attached hydrogens (tertiary/aromatic N) is 4. The van der Waals surface area contributed by atoms with Crippen LogP contribution in [0.5, 0.6) is 0 Å². The maximum atomic E-state index is 13.8. The number of amides is 3. The molecule has 0 radical (unpaired) electrons. The van der Waals surface area contributed by atoms with Crippen LogP contribution in [-0.4, -0.2) is 66.3 Å². The Hall–Kier alpha value is -4.75. The van der Waals surface area contributed by atoms with E-state index in [4.69, 9.17) is 9.81 Å². The fourth-order valence-corrected chi connectivity index (χ4v) is 5.06. The average molecular weight is 646 g/mol. The minimum Gasteiger partial charge on any atom is -0.354 e. The number of anilines is 1. The quantitative estimate of drug-likeness (QED) is 0.228. The number of carbonyl (C=O) groups is 2. The van der Waals surface area contributed by atoms with Gasteiger partial charge in [-0.1, -0.05) is 36.4 Å². The monoisotopic (exact) mass is 645 g/mol. The van der Waals surface area contributed by atoms with Crippen LogP contribution < -0.4 is 20.9 Å². The van der Waals surface area contributed by atoms with Crippen LogP contribution in [0.3, 0.4) is 0 Å². The molecule has 16 heteroatoms. The van der Waals surface area contributed by atoms with Crippen molar-refractivity contribution in [3.63, 3.8) is 0 Å². The lowest BCUT2D eigenvalue weighted by Gasteiger charge is -2.26. The molecule has 12 nitrogen and oxygen atoms in total. The van der Waals surface area contributed by atoms with Gasteiger partial charge in [-0.25, -0.2) is 14.8 Å². The second kappa shape index (κ2) is 14.4. The van der Waals surface area contributed by atoms with Gasteiger partial charge in [-0.15, -0.1) is 0 Å². The van der Waals surface area contributed by atoms with Crippen LogP contribution in [-0.2, 0) is 34.1 Å². The number of urea groups is 1. The first-order valence-corrected chi connectivity index (χ1v) is 15.5. The van der Waals surface area contributed by atoms with E-state index in [9.17, 15) is 31.2 Å². The van der Waals surface area contributed by atoms with Gasteiger partial charge in [-0.3, -0.25) is 9.35 Å². The van der Waals surface area contributed by atoms with E-state index in [2.05, 4.69) is 25.9 Å². The molecule has 4 N–H and O–H groups in total. The number of nitriles is 1. The molecule has 238 valence electrons. The van der Waals surface area contributed by atoms with E-state index in [0.717, 1.165) is 5.56 Å². The Morgan fingerprint density at radius 2 is 1.69 bits per heavy atom. The van der Waals surface area contributed by atoms with Gasteiger partial charge in [0, 0.05) is 37.8 Å². The zero-order valence-electron chi connectivity index (χ0n) is 23.8. The highest BCUT2D eigenvalue weighted by molar-refractivity contribution is 7.85. The van der Waals surface area contributed by atoms with E-state index in [1.807, 2.05) is 6.07 Å². The smallest absolute Gasteiger partial charge is 0.354 e. The average Bonchev–Trinajstić information content (AvgIpc) is 3.50. The van der Waals surface area contributed by atoms with E-state index in [-0.39, 0.29) is 30.5 Å². The third kappa shape index (κ3) is 9.62. The van der Waals surface area contributed by atoms with E-state index in [1.54, 1.807) is 41.3 Å². The third-order valence-corrected chi connectivity index (χ3v) is 7.68. The van der Waals surface area contributed by atoms with E-state index in [1.165, 1.54) is 18.2 Å². The predicted octanol–water partition coefficient (Wildman–Crippen LogP) is 3.05. The van der Waals surface area contributed by atoms with Gasteiger partial charge < -0.3 is 20.9 Å². The minimum atomic E-state index is -4.84. The van der Waals surface area contributed by atoms with Crippen molar-refractivity contribution in [2.45, 2.75) is 38.0 Å². The molecule has 0 saturated carbocycles. The van der Waals surface area contributed by atoms with Gasteiger partial charge >= 0.3 is 12.2 Å². The summed E-state index contributed by atoms with van der Waals surface area (Å²) in [4.78, 5) is 34.0. The summed E-state index contributed by atoms with van der Waals surface area (Å²) in [5.74, 6) is -2.33. The Morgan fingerprint density at radius 3 is 2.33 bits per heavy atom. The minimum absolute atomic E-state index is 0.00154. The summed E-state index contributed by atoms with van der Waals surface area (Å²) in [6, 6.07) is 15.3. The molecule has 1 aromatic heterocycles. The van der Waals surface area contributed by atoms with E-state index < -0.39 is 39.9 Å². The van der Waals surface area contributed by atoms with Crippen molar-refractivity contribution in [3.8, 4) is 17.3 Å². The number of alkyl halides is 3. The van der Waals surface area contributed by atoms with Crippen LogP contribution in [0.4, 0.5) is 23.8 Å². The molecule has 1 aliphatic heterocycles. The molecule has 0 unspecified atom stereocenters. The van der Waals surface area contributed by atoms with Gasteiger partial charge in [0.1, 0.15) is 11.9 Å². The van der Waals surface area contributed by atoms with Gasteiger partial charge in [-0.05, 0) is 42.5 Å². The van der Waals surface area contributed by atoms with Crippen molar-refractivity contribution in [1.29, 1.82) is 5.26 Å². The molecule has 2 heterocycles. The number of aromatic nitrogens is 2. The molecule has 1 saturated heterocycles. The second-order valence-corrected chi connectivity index (χ2v) is 11.8. The van der Waals surface area contributed by atoms with E-state index >= 15 is 0 Å². The van der Waals surface area contributed by atoms with Gasteiger partial charge in [0.25, 0.3) is 10.1 Å². The molecule has 1 atom stereocenters. The Balaban J connectivity index is 1.44. The van der Waals surface area contributed by atoms with Gasteiger partial charge in [0.2, 0.25) is 11.7 Å². The summed E-state index contributed by atoms with van der Waals surface area (Å²) < 4.78 is 71.7. The maximum absolute atomic E-state index is 13.8. The van der Waals surface area contributed by atoms with Gasteiger partial charge in [0.05, 0.1) is 23.1 Å². The summed E-state index contributed by atoms with van der Waals surface area (Å²) in [6.45, 7) is 0.388. The highest BCUT2D eigenvalue weighted by Crippen LogP contribution is 2.33. The van der Waals surface area contributed by atoms with E-state index in [0.29, 0.717) is 49.0 Å². The first-order chi connectivity index (χ1) is 21.3. The Labute approximate surface area is 257 Å². The fraction of sp³-hybridized carbons (Fsp3) is 0.345. The number of benzene rings is 2. The van der Waals surface area contributed by atoms with Crippen molar-refractivity contribution in [2.75, 3.05) is 30.3 Å². The zero-order chi connectivity index (χ0) is 32.6. The highest BCUT2D eigenvalue weighted by atomic mass is 32.2. The molecule has 1 fully saturated rings. The molecule has 1 aliphatic rings. The first kappa shape index (κ1) is 33.1. The fourth-order valence-electron chi connectivity index (χ4n) is 4.70. The SMILES string of the molecule is N#Cc1ccc(CCNC(=O)[C@@H]2CCCN2c2cc(-c3ccc(CNC(=O)NCCS(=O)(=O)O)cc3)nc(C(F)(F)F)n2)cc1.